The van der Waals surface area contributed by atoms with Crippen LogP contribution in [0, 0.1) is 0 Å². The van der Waals surface area contributed by atoms with E-state index in [9.17, 15) is 23.6 Å². The van der Waals surface area contributed by atoms with E-state index >= 15 is 0 Å². The summed E-state index contributed by atoms with van der Waals surface area (Å²) in [5.74, 6) is -3.30. The summed E-state index contributed by atoms with van der Waals surface area (Å²) in [6.45, 7) is -0.395. The number of likely N-dealkylation sites (tertiary alicyclic amines) is 1. The van der Waals surface area contributed by atoms with Gasteiger partial charge in [-0.1, -0.05) is 30.3 Å². The first-order valence-corrected chi connectivity index (χ1v) is 11.3. The number of rotatable bonds is 7. The van der Waals surface area contributed by atoms with Gasteiger partial charge in [-0.15, -0.1) is 0 Å². The molecule has 34 heavy (non-hydrogen) atoms. The summed E-state index contributed by atoms with van der Waals surface area (Å²) in [6.07, 6.45) is 1.05. The van der Waals surface area contributed by atoms with E-state index in [2.05, 4.69) is 10.6 Å². The molecule has 1 fully saturated rings. The summed E-state index contributed by atoms with van der Waals surface area (Å²) in [4.78, 5) is 51.2. The average molecular weight is 467 g/mol. The monoisotopic (exact) mass is 467 g/mol. The van der Waals surface area contributed by atoms with Crippen molar-refractivity contribution < 1.29 is 28.7 Å². The molecule has 2 aliphatic heterocycles. The number of nitrogens with zero attached hydrogens (tertiary/aromatic N) is 1. The molecule has 2 aromatic rings. The highest BCUT2D eigenvalue weighted by molar-refractivity contribution is 6.06. The zero-order valence-corrected chi connectivity index (χ0v) is 18.6. The van der Waals surface area contributed by atoms with Crippen LogP contribution in [0.4, 0.5) is 10.1 Å². The highest BCUT2D eigenvalue weighted by atomic mass is 19.1. The number of nitrogens with one attached hydrogen (secondary N) is 2. The molecule has 0 bridgehead atoms. The van der Waals surface area contributed by atoms with Gasteiger partial charge >= 0.3 is 5.97 Å². The summed E-state index contributed by atoms with van der Waals surface area (Å²) in [7, 11) is 0. The van der Waals surface area contributed by atoms with E-state index in [1.165, 1.54) is 4.90 Å². The van der Waals surface area contributed by atoms with Crippen molar-refractivity contribution in [3.8, 4) is 11.1 Å². The van der Waals surface area contributed by atoms with Crippen molar-refractivity contribution in [2.45, 2.75) is 44.3 Å². The molecule has 0 aromatic heterocycles. The summed E-state index contributed by atoms with van der Waals surface area (Å²) in [5.41, 5.74) is 4.07. The minimum absolute atomic E-state index is 0.318. The molecule has 2 aliphatic rings. The zero-order valence-electron chi connectivity index (χ0n) is 18.6. The molecule has 9 heteroatoms. The minimum Gasteiger partial charge on any atom is -0.481 e. The fraction of sp³-hybridized carbons (Fsp3) is 0.360. The number of piperidine rings is 1. The number of alkyl halides is 1. The second-order valence-corrected chi connectivity index (χ2v) is 8.51. The van der Waals surface area contributed by atoms with Gasteiger partial charge in [-0.05, 0) is 42.5 Å². The molecular weight excluding hydrogens is 441 g/mol. The van der Waals surface area contributed by atoms with E-state index in [0.717, 1.165) is 22.4 Å². The van der Waals surface area contributed by atoms with E-state index in [0.29, 0.717) is 37.9 Å². The van der Waals surface area contributed by atoms with Crippen molar-refractivity contribution in [3.05, 3.63) is 53.6 Å². The summed E-state index contributed by atoms with van der Waals surface area (Å²) in [5, 5.41) is 14.7. The Bertz CT molecular complexity index is 1140. The molecule has 0 radical (unpaired) electrons. The number of aliphatic carboxylic acids is 1. The molecule has 2 amide bonds. The summed E-state index contributed by atoms with van der Waals surface area (Å²) >= 11 is 0. The molecule has 0 saturated carbocycles. The maximum Gasteiger partial charge on any atom is 0.305 e. The van der Waals surface area contributed by atoms with Crippen molar-refractivity contribution >= 4 is 29.3 Å². The number of anilines is 1. The quantitative estimate of drug-likeness (QED) is 0.577. The number of hydrogen-bond donors (Lipinski definition) is 3. The highest BCUT2D eigenvalue weighted by Crippen LogP contribution is 2.39. The van der Waals surface area contributed by atoms with Crippen molar-refractivity contribution in [1.29, 1.82) is 0 Å². The van der Waals surface area contributed by atoms with Crippen molar-refractivity contribution in [3.63, 3.8) is 0 Å². The maximum atomic E-state index is 13.7. The Labute approximate surface area is 196 Å². The van der Waals surface area contributed by atoms with Gasteiger partial charge in [0.25, 0.3) is 5.91 Å². The molecule has 4 rings (SSSR count). The second-order valence-electron chi connectivity index (χ2n) is 8.51. The Morgan fingerprint density at radius 2 is 1.91 bits per heavy atom. The minimum atomic E-state index is -1.48. The standard InChI is InChI=1S/C25H26FN3O5/c26-13-21(30)19(12-22(31)32)28-24(33)20-10-3-4-11-29(20)25(34)17-8-5-9-18-23(17)16-7-2-1-6-15(16)14-27-18/h1-2,5-9,19-20,27H,3-4,10-14H2,(H,28,33)(H,31,32)/t19-,20-/m0/s1. The Balaban J connectivity index is 1.63. The molecular formula is C25H26FN3O5. The smallest absolute Gasteiger partial charge is 0.305 e. The molecule has 0 unspecified atom stereocenters. The third kappa shape index (κ3) is 4.64. The highest BCUT2D eigenvalue weighted by Gasteiger charge is 2.36. The second kappa shape index (κ2) is 10.0. The van der Waals surface area contributed by atoms with E-state index in [1.54, 1.807) is 12.1 Å². The Kier molecular flexibility index (Phi) is 6.90. The largest absolute Gasteiger partial charge is 0.481 e. The number of carboxylic acid groups (broad SMARTS) is 1. The van der Waals surface area contributed by atoms with Crippen LogP contribution in [0.1, 0.15) is 41.6 Å². The van der Waals surface area contributed by atoms with Crippen LogP contribution in [0.5, 0.6) is 0 Å². The lowest BCUT2D eigenvalue weighted by molar-refractivity contribution is -0.140. The van der Waals surface area contributed by atoms with Crippen LogP contribution in [0.15, 0.2) is 42.5 Å². The number of Topliss-reactive ketones (excluding diaryl/α,β-unsaturated/α-hetero) is 1. The number of ketones is 1. The average Bonchev–Trinajstić information content (AvgIpc) is 2.86. The predicted molar refractivity (Wildman–Crippen MR) is 123 cm³/mol. The number of carbonyl (C=O) groups is 4. The fourth-order valence-electron chi connectivity index (χ4n) is 4.66. The lowest BCUT2D eigenvalue weighted by atomic mass is 9.89. The van der Waals surface area contributed by atoms with Crippen LogP contribution in [-0.2, 0) is 20.9 Å². The van der Waals surface area contributed by atoms with Gasteiger partial charge in [0, 0.05) is 29.9 Å². The Hall–Kier alpha value is -3.75. The van der Waals surface area contributed by atoms with Gasteiger partial charge in [-0.2, -0.15) is 0 Å². The molecule has 0 aliphatic carbocycles. The topological polar surface area (TPSA) is 116 Å². The first-order valence-electron chi connectivity index (χ1n) is 11.3. The molecule has 0 spiro atoms. The number of carbonyl (C=O) groups excluding carboxylic acids is 3. The maximum absolute atomic E-state index is 13.7. The third-order valence-electron chi connectivity index (χ3n) is 6.33. The number of fused-ring (bicyclic) bond motifs is 3. The zero-order chi connectivity index (χ0) is 24.2. The number of amides is 2. The van der Waals surface area contributed by atoms with Crippen molar-refractivity contribution in [2.24, 2.45) is 0 Å². The van der Waals surface area contributed by atoms with Crippen LogP contribution in [0.3, 0.4) is 0 Å². The molecule has 2 atom stereocenters. The lowest BCUT2D eigenvalue weighted by Crippen LogP contribution is -2.55. The van der Waals surface area contributed by atoms with Gasteiger partial charge in [-0.25, -0.2) is 4.39 Å². The van der Waals surface area contributed by atoms with Gasteiger partial charge in [0.15, 0.2) is 5.78 Å². The number of carboxylic acids is 1. The van der Waals surface area contributed by atoms with Crippen LogP contribution < -0.4 is 10.6 Å². The van der Waals surface area contributed by atoms with E-state index in [-0.39, 0.29) is 5.91 Å². The van der Waals surface area contributed by atoms with Gasteiger partial charge in [0.1, 0.15) is 18.8 Å². The SMILES string of the molecule is O=C(O)C[C@H](NC(=O)[C@@H]1CCCCN1C(=O)c1cccc2c1-c1ccccc1CN2)C(=O)CF. The number of hydrogen-bond acceptors (Lipinski definition) is 5. The Morgan fingerprint density at radius 3 is 2.68 bits per heavy atom. The molecule has 178 valence electrons. The molecule has 2 heterocycles. The van der Waals surface area contributed by atoms with E-state index in [1.807, 2.05) is 30.3 Å². The van der Waals surface area contributed by atoms with Gasteiger partial charge < -0.3 is 20.6 Å². The molecule has 8 nitrogen and oxygen atoms in total. The molecule has 3 N–H and O–H groups in total. The summed E-state index contributed by atoms with van der Waals surface area (Å²) in [6, 6.07) is 10.9. The van der Waals surface area contributed by atoms with Gasteiger partial charge in [0.2, 0.25) is 5.91 Å². The van der Waals surface area contributed by atoms with Crippen molar-refractivity contribution in [2.75, 3.05) is 18.5 Å². The lowest BCUT2D eigenvalue weighted by Gasteiger charge is -2.36. The van der Waals surface area contributed by atoms with Gasteiger partial charge in [0.05, 0.1) is 6.42 Å². The van der Waals surface area contributed by atoms with E-state index < -0.39 is 42.8 Å². The van der Waals surface area contributed by atoms with Crippen LogP contribution >= 0.6 is 0 Å². The molecule has 2 aromatic carbocycles. The summed E-state index contributed by atoms with van der Waals surface area (Å²) < 4.78 is 12.9. The third-order valence-corrected chi connectivity index (χ3v) is 6.33. The van der Waals surface area contributed by atoms with Crippen LogP contribution in [-0.4, -0.2) is 58.9 Å². The number of halogens is 1. The van der Waals surface area contributed by atoms with Crippen LogP contribution in [0.25, 0.3) is 11.1 Å². The first-order chi connectivity index (χ1) is 16.4. The normalized spacial score (nSPS) is 17.6. The van der Waals surface area contributed by atoms with E-state index in [4.69, 9.17) is 5.11 Å². The fourth-order valence-corrected chi connectivity index (χ4v) is 4.66. The van der Waals surface area contributed by atoms with Gasteiger partial charge in [-0.3, -0.25) is 19.2 Å². The molecule has 1 saturated heterocycles. The number of benzene rings is 2. The van der Waals surface area contributed by atoms with Crippen LogP contribution in [0.2, 0.25) is 0 Å². The predicted octanol–water partition coefficient (Wildman–Crippen LogP) is 2.77. The van der Waals surface area contributed by atoms with Crippen molar-refractivity contribution in [1.82, 2.24) is 10.2 Å². The Morgan fingerprint density at radius 1 is 1.12 bits per heavy atom. The first kappa shape index (κ1) is 23.4.